The summed E-state index contributed by atoms with van der Waals surface area (Å²) in [6.45, 7) is 6.53. The molecular formula is C22H24FN5O3S2. The van der Waals surface area contributed by atoms with E-state index in [1.165, 1.54) is 40.9 Å². The SMILES string of the molecule is CC1CN(Cc2csc(NC(=O)Cc3csc(NC(=O)c4ccccc4F)n3)n2)CC(C)O1. The molecule has 1 aromatic carbocycles. The number of hydrogen-bond acceptors (Lipinski definition) is 8. The van der Waals surface area contributed by atoms with E-state index in [0.29, 0.717) is 22.5 Å². The molecule has 1 saturated heterocycles. The number of carbonyl (C=O) groups excluding carboxylic acids is 2. The third kappa shape index (κ3) is 6.41. The van der Waals surface area contributed by atoms with Gasteiger partial charge in [0.15, 0.2) is 10.3 Å². The Balaban J connectivity index is 1.28. The number of aromatic nitrogens is 2. The van der Waals surface area contributed by atoms with Crippen LogP contribution in [-0.2, 0) is 22.5 Å². The van der Waals surface area contributed by atoms with Gasteiger partial charge in [-0.05, 0) is 26.0 Å². The molecule has 2 N–H and O–H groups in total. The number of nitrogens with one attached hydrogen (secondary N) is 2. The number of amides is 2. The van der Waals surface area contributed by atoms with Crippen LogP contribution in [0.15, 0.2) is 35.0 Å². The number of morpholine rings is 1. The molecule has 2 unspecified atom stereocenters. The van der Waals surface area contributed by atoms with Crippen LogP contribution in [0.3, 0.4) is 0 Å². The van der Waals surface area contributed by atoms with E-state index in [9.17, 15) is 14.0 Å². The van der Waals surface area contributed by atoms with E-state index in [1.807, 2.05) is 5.38 Å². The monoisotopic (exact) mass is 489 g/mol. The first-order chi connectivity index (χ1) is 15.9. The zero-order valence-corrected chi connectivity index (χ0v) is 19.8. The van der Waals surface area contributed by atoms with E-state index in [1.54, 1.807) is 11.4 Å². The van der Waals surface area contributed by atoms with Crippen LogP contribution in [0.25, 0.3) is 0 Å². The zero-order valence-electron chi connectivity index (χ0n) is 18.2. The number of nitrogens with zero attached hydrogens (tertiary/aromatic N) is 3. The molecule has 2 atom stereocenters. The number of rotatable bonds is 7. The lowest BCUT2D eigenvalue weighted by Crippen LogP contribution is -2.44. The number of thiazole rings is 2. The van der Waals surface area contributed by atoms with Crippen LogP contribution >= 0.6 is 22.7 Å². The highest BCUT2D eigenvalue weighted by molar-refractivity contribution is 7.14. The van der Waals surface area contributed by atoms with E-state index >= 15 is 0 Å². The van der Waals surface area contributed by atoms with Gasteiger partial charge in [0.1, 0.15) is 5.82 Å². The summed E-state index contributed by atoms with van der Waals surface area (Å²) < 4.78 is 19.5. The Bertz CT molecular complexity index is 1120. The summed E-state index contributed by atoms with van der Waals surface area (Å²) in [6, 6.07) is 5.72. The maximum atomic E-state index is 13.8. The molecule has 0 saturated carbocycles. The Hall–Kier alpha value is -2.73. The first-order valence-electron chi connectivity index (χ1n) is 10.5. The van der Waals surface area contributed by atoms with E-state index < -0.39 is 11.7 Å². The Morgan fingerprint density at radius 1 is 1.06 bits per heavy atom. The number of hydrogen-bond donors (Lipinski definition) is 2. The van der Waals surface area contributed by atoms with Crippen LogP contribution in [0.5, 0.6) is 0 Å². The molecule has 0 radical (unpaired) electrons. The highest BCUT2D eigenvalue weighted by atomic mass is 32.1. The van der Waals surface area contributed by atoms with Gasteiger partial charge in [-0.2, -0.15) is 0 Å². The second-order valence-corrected chi connectivity index (χ2v) is 9.61. The second-order valence-electron chi connectivity index (χ2n) is 7.90. The molecule has 11 heteroatoms. The second kappa shape index (κ2) is 10.5. The van der Waals surface area contributed by atoms with Gasteiger partial charge in [0.25, 0.3) is 5.91 Å². The lowest BCUT2D eigenvalue weighted by molar-refractivity contribution is -0.115. The predicted molar refractivity (Wildman–Crippen MR) is 126 cm³/mol. The molecule has 0 spiro atoms. The van der Waals surface area contributed by atoms with Crippen molar-refractivity contribution in [1.29, 1.82) is 0 Å². The average molecular weight is 490 g/mol. The van der Waals surface area contributed by atoms with Gasteiger partial charge in [-0.15, -0.1) is 22.7 Å². The summed E-state index contributed by atoms with van der Waals surface area (Å²) in [5.41, 5.74) is 1.35. The molecule has 0 aliphatic carbocycles. The summed E-state index contributed by atoms with van der Waals surface area (Å²) >= 11 is 2.56. The molecule has 8 nitrogen and oxygen atoms in total. The fourth-order valence-electron chi connectivity index (χ4n) is 3.66. The van der Waals surface area contributed by atoms with Gasteiger partial charge in [-0.3, -0.25) is 19.8 Å². The van der Waals surface area contributed by atoms with Crippen LogP contribution in [-0.4, -0.2) is 52.0 Å². The zero-order chi connectivity index (χ0) is 23.4. The van der Waals surface area contributed by atoms with Crippen molar-refractivity contribution in [3.05, 3.63) is 57.8 Å². The summed E-state index contributed by atoms with van der Waals surface area (Å²) in [7, 11) is 0. The van der Waals surface area contributed by atoms with E-state index in [2.05, 4.69) is 39.3 Å². The number of halogens is 1. The van der Waals surface area contributed by atoms with Crippen LogP contribution < -0.4 is 10.6 Å². The molecule has 3 aromatic rings. The van der Waals surface area contributed by atoms with Crippen molar-refractivity contribution in [2.24, 2.45) is 0 Å². The normalized spacial score (nSPS) is 18.8. The van der Waals surface area contributed by atoms with E-state index in [0.717, 1.165) is 18.8 Å². The fourth-order valence-corrected chi connectivity index (χ4v) is 5.09. The summed E-state index contributed by atoms with van der Waals surface area (Å²) in [5, 5.41) is 9.83. The van der Waals surface area contributed by atoms with Gasteiger partial charge in [-0.25, -0.2) is 14.4 Å². The smallest absolute Gasteiger partial charge is 0.260 e. The molecule has 1 aliphatic rings. The minimum Gasteiger partial charge on any atom is -0.373 e. The van der Waals surface area contributed by atoms with Crippen LogP contribution in [0.4, 0.5) is 14.7 Å². The summed E-state index contributed by atoms with van der Waals surface area (Å²) in [4.78, 5) is 35.7. The van der Waals surface area contributed by atoms with E-state index in [4.69, 9.17) is 4.74 Å². The lowest BCUT2D eigenvalue weighted by Gasteiger charge is -2.34. The minimum absolute atomic E-state index is 0.0411. The molecule has 174 valence electrons. The van der Waals surface area contributed by atoms with Crippen molar-refractivity contribution in [2.45, 2.75) is 39.0 Å². The highest BCUT2D eigenvalue weighted by Gasteiger charge is 2.23. The maximum Gasteiger partial charge on any atom is 0.260 e. The van der Waals surface area contributed by atoms with Crippen molar-refractivity contribution >= 4 is 44.8 Å². The first kappa shape index (κ1) is 23.4. The first-order valence-corrected chi connectivity index (χ1v) is 12.2. The maximum absolute atomic E-state index is 13.8. The Morgan fingerprint density at radius 2 is 1.70 bits per heavy atom. The topological polar surface area (TPSA) is 96.5 Å². The predicted octanol–water partition coefficient (Wildman–Crippen LogP) is 3.78. The third-order valence-electron chi connectivity index (χ3n) is 4.91. The van der Waals surface area contributed by atoms with Crippen molar-refractivity contribution in [2.75, 3.05) is 23.7 Å². The Kier molecular flexibility index (Phi) is 7.43. The molecule has 4 rings (SSSR count). The minimum atomic E-state index is -0.605. The number of carbonyl (C=O) groups is 2. The highest BCUT2D eigenvalue weighted by Crippen LogP contribution is 2.21. The Morgan fingerprint density at radius 3 is 2.42 bits per heavy atom. The molecule has 3 heterocycles. The third-order valence-corrected chi connectivity index (χ3v) is 6.52. The summed E-state index contributed by atoms with van der Waals surface area (Å²) in [6.07, 6.45) is 0.413. The average Bonchev–Trinajstić information content (AvgIpc) is 3.36. The number of anilines is 2. The number of benzene rings is 1. The number of ether oxygens (including phenoxy) is 1. The largest absolute Gasteiger partial charge is 0.373 e. The molecule has 2 aromatic heterocycles. The lowest BCUT2D eigenvalue weighted by atomic mass is 10.2. The van der Waals surface area contributed by atoms with Gasteiger partial charge in [0, 0.05) is 30.4 Å². The molecule has 33 heavy (non-hydrogen) atoms. The molecule has 0 bridgehead atoms. The van der Waals surface area contributed by atoms with E-state index in [-0.39, 0.29) is 30.1 Å². The van der Waals surface area contributed by atoms with Crippen molar-refractivity contribution in [1.82, 2.24) is 14.9 Å². The van der Waals surface area contributed by atoms with Gasteiger partial charge in [-0.1, -0.05) is 12.1 Å². The molecular weight excluding hydrogens is 465 g/mol. The Labute approximate surface area is 198 Å². The van der Waals surface area contributed by atoms with Crippen LogP contribution in [0, 0.1) is 5.82 Å². The van der Waals surface area contributed by atoms with Gasteiger partial charge >= 0.3 is 0 Å². The summed E-state index contributed by atoms with van der Waals surface area (Å²) in [5.74, 6) is -1.44. The van der Waals surface area contributed by atoms with Gasteiger partial charge in [0.05, 0.1) is 35.6 Å². The van der Waals surface area contributed by atoms with Crippen molar-refractivity contribution in [3.63, 3.8) is 0 Å². The fraction of sp³-hybridized carbons (Fsp3) is 0.364. The van der Waals surface area contributed by atoms with Gasteiger partial charge < -0.3 is 10.1 Å². The van der Waals surface area contributed by atoms with Crippen LogP contribution in [0.1, 0.15) is 35.6 Å². The van der Waals surface area contributed by atoms with Crippen molar-refractivity contribution < 1.29 is 18.7 Å². The standard InChI is InChI=1S/C22H24FN5O3S2/c1-13-8-28(9-14(2)31-13)10-16-12-33-21(25-16)26-19(29)7-15-11-32-22(24-15)27-20(30)17-5-3-4-6-18(17)23/h3-6,11-14H,7-10H2,1-2H3,(H,24,27,30)(H,25,26,29). The quantitative estimate of drug-likeness (QED) is 0.524. The molecule has 1 fully saturated rings. The molecule has 2 amide bonds. The van der Waals surface area contributed by atoms with Crippen LogP contribution in [0.2, 0.25) is 0 Å². The van der Waals surface area contributed by atoms with Crippen molar-refractivity contribution in [3.8, 4) is 0 Å². The van der Waals surface area contributed by atoms with Gasteiger partial charge in [0.2, 0.25) is 5.91 Å². The molecule has 1 aliphatic heterocycles.